The lowest BCUT2D eigenvalue weighted by atomic mass is 10.1. The third-order valence-corrected chi connectivity index (χ3v) is 7.07. The van der Waals surface area contributed by atoms with E-state index in [0.717, 1.165) is 22.2 Å². The van der Waals surface area contributed by atoms with Gasteiger partial charge < -0.3 is 24.6 Å². The molecule has 4 N–H and O–H groups in total. The Hall–Kier alpha value is -5.24. The average molecular weight is 637 g/mol. The minimum Gasteiger partial charge on any atom is -0.484 e. The molecule has 1 heterocycles. The molecular weight excluding hydrogens is 604 g/mol. The highest BCUT2D eigenvalue weighted by Crippen LogP contribution is 2.33. The van der Waals surface area contributed by atoms with Crippen LogP contribution in [0.25, 0.3) is 0 Å². The Morgan fingerprint density at radius 3 is 2.29 bits per heavy atom. The summed E-state index contributed by atoms with van der Waals surface area (Å²) < 4.78 is 16.8. The molecule has 1 fully saturated rings. The topological polar surface area (TPSA) is 173 Å². The highest BCUT2D eigenvalue weighted by atomic mass is 32.2. The second kappa shape index (κ2) is 14.0. The van der Waals surface area contributed by atoms with Crippen molar-refractivity contribution in [1.29, 1.82) is 0 Å². The number of carboxylic acid groups (broad SMARTS) is 1. The summed E-state index contributed by atoms with van der Waals surface area (Å²) in [5.74, 6) is 0.188. The number of imide groups is 1. The Balaban J connectivity index is 1.38. The summed E-state index contributed by atoms with van der Waals surface area (Å²) in [7, 11) is 1.32. The number of thioether (sulfide) groups is 1. The predicted octanol–water partition coefficient (Wildman–Crippen LogP) is 5.85. The van der Waals surface area contributed by atoms with E-state index in [1.165, 1.54) is 19.2 Å². The SMILES string of the molecule is CN(C(=O)O)c1cc(Oc2cccc(NC(=O)OC(C)(C)C)c2)ccc1NC(=O)COc1ccc(CC2SC(=O)NC2=O)cc1. The first kappa shape index (κ1) is 32.7. The van der Waals surface area contributed by atoms with Crippen LogP contribution in [0.4, 0.5) is 31.4 Å². The van der Waals surface area contributed by atoms with Gasteiger partial charge >= 0.3 is 12.2 Å². The molecule has 3 aromatic carbocycles. The Labute approximate surface area is 263 Å². The molecule has 0 saturated carbocycles. The van der Waals surface area contributed by atoms with Crippen LogP contribution in [0.1, 0.15) is 26.3 Å². The third-order valence-electron chi connectivity index (χ3n) is 6.09. The zero-order valence-electron chi connectivity index (χ0n) is 24.9. The molecule has 0 aliphatic carbocycles. The Morgan fingerprint density at radius 1 is 0.956 bits per heavy atom. The molecule has 3 aromatic rings. The van der Waals surface area contributed by atoms with Crippen LogP contribution < -0.4 is 30.3 Å². The van der Waals surface area contributed by atoms with Gasteiger partial charge in [-0.25, -0.2) is 9.59 Å². The lowest BCUT2D eigenvalue weighted by Gasteiger charge is -2.20. The fourth-order valence-corrected chi connectivity index (χ4v) is 4.91. The summed E-state index contributed by atoms with van der Waals surface area (Å²) in [4.78, 5) is 60.7. The van der Waals surface area contributed by atoms with Gasteiger partial charge in [0.1, 0.15) is 22.8 Å². The van der Waals surface area contributed by atoms with Gasteiger partial charge in [0.05, 0.1) is 16.6 Å². The number of carbonyl (C=O) groups excluding carboxylic acids is 4. The number of hydrogen-bond acceptors (Lipinski definition) is 9. The molecule has 1 unspecified atom stereocenters. The summed E-state index contributed by atoms with van der Waals surface area (Å²) in [5, 5.41) is 16.3. The van der Waals surface area contributed by atoms with Gasteiger partial charge in [0.15, 0.2) is 6.61 Å². The van der Waals surface area contributed by atoms with E-state index in [0.29, 0.717) is 23.6 Å². The van der Waals surface area contributed by atoms with Gasteiger partial charge in [0.25, 0.3) is 11.1 Å². The molecule has 1 aliphatic rings. The fourth-order valence-electron chi connectivity index (χ4n) is 4.05. The fraction of sp³-hybridized carbons (Fsp3) is 0.258. The van der Waals surface area contributed by atoms with Gasteiger partial charge in [-0.15, -0.1) is 0 Å². The van der Waals surface area contributed by atoms with E-state index < -0.39 is 28.9 Å². The maximum absolute atomic E-state index is 12.7. The Bertz CT molecular complexity index is 1610. The van der Waals surface area contributed by atoms with E-state index >= 15 is 0 Å². The maximum atomic E-state index is 12.7. The van der Waals surface area contributed by atoms with Gasteiger partial charge in [-0.05, 0) is 69.2 Å². The van der Waals surface area contributed by atoms with Crippen molar-refractivity contribution in [3.63, 3.8) is 0 Å². The second-order valence-corrected chi connectivity index (χ2v) is 12.0. The van der Waals surface area contributed by atoms with E-state index in [-0.39, 0.29) is 34.9 Å². The average Bonchev–Trinajstić information content (AvgIpc) is 3.28. The molecule has 0 aromatic heterocycles. The van der Waals surface area contributed by atoms with Crippen molar-refractivity contribution in [2.45, 2.75) is 38.0 Å². The van der Waals surface area contributed by atoms with Crippen LogP contribution >= 0.6 is 11.8 Å². The number of benzene rings is 3. The van der Waals surface area contributed by atoms with Crippen LogP contribution in [-0.4, -0.2) is 58.9 Å². The third kappa shape index (κ3) is 9.63. The van der Waals surface area contributed by atoms with Crippen LogP contribution in [0, 0.1) is 0 Å². The molecular formula is C31H32N4O9S. The quantitative estimate of drug-likeness (QED) is 0.211. The molecule has 0 bridgehead atoms. The molecule has 1 atom stereocenters. The summed E-state index contributed by atoms with van der Waals surface area (Å²) in [6, 6.07) is 17.9. The summed E-state index contributed by atoms with van der Waals surface area (Å²) in [5.41, 5.74) is 0.940. The maximum Gasteiger partial charge on any atom is 0.412 e. The number of ether oxygens (including phenoxy) is 3. The second-order valence-electron chi connectivity index (χ2n) is 10.8. The van der Waals surface area contributed by atoms with Gasteiger partial charge in [0, 0.05) is 24.9 Å². The van der Waals surface area contributed by atoms with Gasteiger partial charge in [0.2, 0.25) is 5.91 Å². The number of rotatable bonds is 10. The molecule has 45 heavy (non-hydrogen) atoms. The van der Waals surface area contributed by atoms with Crippen LogP contribution in [0.3, 0.4) is 0 Å². The van der Waals surface area contributed by atoms with Crippen molar-refractivity contribution in [2.24, 2.45) is 0 Å². The molecule has 1 saturated heterocycles. The Kier molecular flexibility index (Phi) is 10.2. The number of nitrogens with zero attached hydrogens (tertiary/aromatic N) is 1. The van der Waals surface area contributed by atoms with Crippen LogP contribution in [0.2, 0.25) is 0 Å². The number of nitrogens with one attached hydrogen (secondary N) is 3. The summed E-state index contributed by atoms with van der Waals surface area (Å²) in [6.45, 7) is 4.90. The lowest BCUT2D eigenvalue weighted by molar-refractivity contribution is -0.119. The smallest absolute Gasteiger partial charge is 0.412 e. The first-order valence-electron chi connectivity index (χ1n) is 13.7. The van der Waals surface area contributed by atoms with Gasteiger partial charge in [-0.3, -0.25) is 29.9 Å². The lowest BCUT2D eigenvalue weighted by Crippen LogP contribution is -2.27. The molecule has 5 amide bonds. The molecule has 4 rings (SSSR count). The molecule has 1 aliphatic heterocycles. The summed E-state index contributed by atoms with van der Waals surface area (Å²) in [6.07, 6.45) is -1.52. The zero-order chi connectivity index (χ0) is 32.7. The standard InChI is InChI=1S/C31H32N4O9S/c1-31(2,3)44-28(38)32-19-6-5-7-21(15-19)43-22-12-13-23(24(16-22)35(4)30(40)41)33-26(36)17-42-20-10-8-18(9-11-20)14-25-27(37)34-29(39)45-25/h5-13,15-16,25H,14,17H2,1-4H3,(H,32,38)(H,33,36)(H,40,41)(H,34,37,39). The first-order valence-corrected chi connectivity index (χ1v) is 14.6. The van der Waals surface area contributed by atoms with Crippen LogP contribution in [0.15, 0.2) is 66.7 Å². The number of hydrogen-bond donors (Lipinski definition) is 4. The largest absolute Gasteiger partial charge is 0.484 e. The highest BCUT2D eigenvalue weighted by Gasteiger charge is 2.31. The van der Waals surface area contributed by atoms with Crippen LogP contribution in [-0.2, 0) is 20.7 Å². The monoisotopic (exact) mass is 636 g/mol. The molecule has 13 nitrogen and oxygen atoms in total. The molecule has 0 radical (unpaired) electrons. The Morgan fingerprint density at radius 2 is 1.64 bits per heavy atom. The number of amides is 5. The van der Waals surface area contributed by atoms with Crippen molar-refractivity contribution < 1.29 is 43.3 Å². The first-order chi connectivity index (χ1) is 21.3. The molecule has 0 spiro atoms. The van der Waals surface area contributed by atoms with E-state index in [4.69, 9.17) is 14.2 Å². The summed E-state index contributed by atoms with van der Waals surface area (Å²) >= 11 is 0.948. The normalized spacial score (nSPS) is 14.3. The zero-order valence-corrected chi connectivity index (χ0v) is 25.7. The van der Waals surface area contributed by atoms with Crippen molar-refractivity contribution in [3.8, 4) is 17.2 Å². The van der Waals surface area contributed by atoms with Crippen molar-refractivity contribution in [1.82, 2.24) is 5.32 Å². The van der Waals surface area contributed by atoms with Gasteiger partial charge in [-0.2, -0.15) is 0 Å². The van der Waals surface area contributed by atoms with E-state index in [9.17, 15) is 29.1 Å². The van der Waals surface area contributed by atoms with Crippen LogP contribution in [0.5, 0.6) is 17.2 Å². The van der Waals surface area contributed by atoms with Crippen molar-refractivity contribution in [3.05, 3.63) is 72.3 Å². The van der Waals surface area contributed by atoms with Gasteiger partial charge in [-0.1, -0.05) is 30.0 Å². The predicted molar refractivity (Wildman–Crippen MR) is 168 cm³/mol. The van der Waals surface area contributed by atoms with Crippen molar-refractivity contribution in [2.75, 3.05) is 29.2 Å². The molecule has 14 heteroatoms. The van der Waals surface area contributed by atoms with Crippen molar-refractivity contribution >= 4 is 58.1 Å². The minimum absolute atomic E-state index is 0.146. The van der Waals surface area contributed by atoms with E-state index in [1.54, 1.807) is 75.4 Å². The number of carbonyl (C=O) groups is 5. The highest BCUT2D eigenvalue weighted by molar-refractivity contribution is 8.15. The minimum atomic E-state index is -1.26. The number of anilines is 3. The van der Waals surface area contributed by atoms with E-state index in [1.807, 2.05) is 0 Å². The molecule has 236 valence electrons. The van der Waals surface area contributed by atoms with E-state index in [2.05, 4.69) is 16.0 Å².